The summed E-state index contributed by atoms with van der Waals surface area (Å²) in [5.41, 5.74) is 1.71. The molecule has 2 N–H and O–H groups in total. The smallest absolute Gasteiger partial charge is 0.314 e. The number of carbonyl (C=O) groups excluding carboxylic acids is 2. The summed E-state index contributed by atoms with van der Waals surface area (Å²) in [6.07, 6.45) is 0. The van der Waals surface area contributed by atoms with Gasteiger partial charge in [0, 0.05) is 5.69 Å². The zero-order valence-electron chi connectivity index (χ0n) is 12.0. The minimum Gasteiger partial charge on any atom is -0.341 e. The Balaban J connectivity index is 1.95. The number of pyridine rings is 1. The van der Waals surface area contributed by atoms with Gasteiger partial charge in [-0.3, -0.25) is 9.59 Å². The molecule has 5 heteroatoms. The second kappa shape index (κ2) is 6.65. The molecular formula is C16H17N3O2. The van der Waals surface area contributed by atoms with E-state index in [1.54, 1.807) is 12.1 Å². The lowest BCUT2D eigenvalue weighted by Gasteiger charge is -2.13. The molecule has 2 rings (SSSR count). The number of aromatic nitrogens is 1. The fourth-order valence-electron chi connectivity index (χ4n) is 1.87. The Labute approximate surface area is 123 Å². The molecule has 2 aromatic rings. The van der Waals surface area contributed by atoms with Crippen LogP contribution >= 0.6 is 0 Å². The van der Waals surface area contributed by atoms with E-state index in [4.69, 9.17) is 0 Å². The molecule has 2 amide bonds. The first-order valence-corrected chi connectivity index (χ1v) is 6.66. The highest BCUT2D eigenvalue weighted by atomic mass is 16.2. The SMILES string of the molecule is Cc1cccc(NC(=O)C(=O)NC(C)c2ccccc2)n1. The molecule has 0 spiro atoms. The van der Waals surface area contributed by atoms with Crippen molar-refractivity contribution in [2.75, 3.05) is 5.32 Å². The fourth-order valence-corrected chi connectivity index (χ4v) is 1.87. The molecule has 1 unspecified atom stereocenters. The maximum atomic E-state index is 11.9. The van der Waals surface area contributed by atoms with Crippen LogP contribution in [0.5, 0.6) is 0 Å². The number of hydrogen-bond donors (Lipinski definition) is 2. The van der Waals surface area contributed by atoms with E-state index >= 15 is 0 Å². The van der Waals surface area contributed by atoms with E-state index in [-0.39, 0.29) is 6.04 Å². The molecule has 1 aromatic carbocycles. The molecule has 0 aliphatic heterocycles. The highest BCUT2D eigenvalue weighted by Crippen LogP contribution is 2.11. The van der Waals surface area contributed by atoms with Gasteiger partial charge in [0.25, 0.3) is 0 Å². The van der Waals surface area contributed by atoms with Gasteiger partial charge in [-0.05, 0) is 31.5 Å². The van der Waals surface area contributed by atoms with Gasteiger partial charge in [-0.1, -0.05) is 36.4 Å². The maximum Gasteiger partial charge on any atom is 0.314 e. The quantitative estimate of drug-likeness (QED) is 0.848. The molecule has 1 heterocycles. The summed E-state index contributed by atoms with van der Waals surface area (Å²) in [5.74, 6) is -1.05. The third kappa shape index (κ3) is 4.14. The summed E-state index contributed by atoms with van der Waals surface area (Å²) in [7, 11) is 0. The number of rotatable bonds is 3. The van der Waals surface area contributed by atoms with Gasteiger partial charge >= 0.3 is 11.8 Å². The lowest BCUT2D eigenvalue weighted by atomic mass is 10.1. The highest BCUT2D eigenvalue weighted by Gasteiger charge is 2.17. The van der Waals surface area contributed by atoms with Gasteiger partial charge in [0.1, 0.15) is 5.82 Å². The summed E-state index contributed by atoms with van der Waals surface area (Å²) in [5, 5.41) is 5.13. The Morgan fingerprint density at radius 1 is 1.00 bits per heavy atom. The van der Waals surface area contributed by atoms with Gasteiger partial charge in [-0.15, -0.1) is 0 Å². The van der Waals surface area contributed by atoms with Crippen LogP contribution in [-0.4, -0.2) is 16.8 Å². The third-order valence-electron chi connectivity index (χ3n) is 2.98. The Morgan fingerprint density at radius 2 is 1.71 bits per heavy atom. The standard InChI is InChI=1S/C16H17N3O2/c1-11-7-6-10-14(17-11)19-16(21)15(20)18-12(2)13-8-4-3-5-9-13/h3-10,12H,1-2H3,(H,18,20)(H,17,19,21). The van der Waals surface area contributed by atoms with Crippen molar-refractivity contribution in [2.24, 2.45) is 0 Å². The molecule has 0 saturated heterocycles. The molecule has 0 saturated carbocycles. The van der Waals surface area contributed by atoms with Gasteiger partial charge in [-0.2, -0.15) is 0 Å². The van der Waals surface area contributed by atoms with Crippen LogP contribution in [-0.2, 0) is 9.59 Å². The predicted octanol–water partition coefficient (Wildman–Crippen LogP) is 2.21. The first kappa shape index (κ1) is 14.7. The highest BCUT2D eigenvalue weighted by molar-refractivity contribution is 6.39. The molecule has 0 fully saturated rings. The van der Waals surface area contributed by atoms with Crippen molar-refractivity contribution >= 4 is 17.6 Å². The van der Waals surface area contributed by atoms with Crippen LogP contribution in [0.25, 0.3) is 0 Å². The van der Waals surface area contributed by atoms with E-state index in [1.165, 1.54) is 0 Å². The van der Waals surface area contributed by atoms with Crippen molar-refractivity contribution in [3.63, 3.8) is 0 Å². The minimum atomic E-state index is -0.726. The second-order valence-corrected chi connectivity index (χ2v) is 4.72. The van der Waals surface area contributed by atoms with Crippen LogP contribution in [0, 0.1) is 6.92 Å². The zero-order valence-corrected chi connectivity index (χ0v) is 12.0. The first-order valence-electron chi connectivity index (χ1n) is 6.66. The van der Waals surface area contributed by atoms with Crippen LogP contribution in [0.4, 0.5) is 5.82 Å². The lowest BCUT2D eigenvalue weighted by Crippen LogP contribution is -2.37. The average Bonchev–Trinajstić information content (AvgIpc) is 2.48. The average molecular weight is 283 g/mol. The lowest BCUT2D eigenvalue weighted by molar-refractivity contribution is -0.136. The van der Waals surface area contributed by atoms with E-state index in [1.807, 2.05) is 50.2 Å². The van der Waals surface area contributed by atoms with E-state index in [0.717, 1.165) is 11.3 Å². The summed E-state index contributed by atoms with van der Waals surface area (Å²) in [4.78, 5) is 27.8. The third-order valence-corrected chi connectivity index (χ3v) is 2.98. The number of hydrogen-bond acceptors (Lipinski definition) is 3. The summed E-state index contributed by atoms with van der Waals surface area (Å²) in [6, 6.07) is 14.4. The fraction of sp³-hybridized carbons (Fsp3) is 0.188. The van der Waals surface area contributed by atoms with Crippen LogP contribution in [0.15, 0.2) is 48.5 Å². The van der Waals surface area contributed by atoms with Crippen LogP contribution in [0.2, 0.25) is 0 Å². The number of amides is 2. The van der Waals surface area contributed by atoms with Crippen molar-refractivity contribution in [1.82, 2.24) is 10.3 Å². The Kier molecular flexibility index (Phi) is 4.66. The van der Waals surface area contributed by atoms with Crippen LogP contribution in [0.1, 0.15) is 24.2 Å². The van der Waals surface area contributed by atoms with Gasteiger partial charge in [-0.25, -0.2) is 4.98 Å². The van der Waals surface area contributed by atoms with Crippen molar-refractivity contribution in [1.29, 1.82) is 0 Å². The number of benzene rings is 1. The summed E-state index contributed by atoms with van der Waals surface area (Å²) < 4.78 is 0. The number of carbonyl (C=O) groups is 2. The van der Waals surface area contributed by atoms with E-state index < -0.39 is 11.8 Å². The van der Waals surface area contributed by atoms with Crippen molar-refractivity contribution < 1.29 is 9.59 Å². The molecule has 0 bridgehead atoms. The van der Waals surface area contributed by atoms with E-state index in [0.29, 0.717) is 5.82 Å². The normalized spacial score (nSPS) is 11.5. The molecule has 0 aliphatic rings. The number of nitrogens with one attached hydrogen (secondary N) is 2. The first-order chi connectivity index (χ1) is 10.1. The van der Waals surface area contributed by atoms with E-state index in [9.17, 15) is 9.59 Å². The monoisotopic (exact) mass is 283 g/mol. The van der Waals surface area contributed by atoms with Gasteiger partial charge in [0.15, 0.2) is 0 Å². The summed E-state index contributed by atoms with van der Waals surface area (Å²) >= 11 is 0. The zero-order chi connectivity index (χ0) is 15.2. The molecular weight excluding hydrogens is 266 g/mol. The minimum absolute atomic E-state index is 0.241. The predicted molar refractivity (Wildman–Crippen MR) is 80.6 cm³/mol. The van der Waals surface area contributed by atoms with Gasteiger partial charge in [0.2, 0.25) is 0 Å². The molecule has 1 atom stereocenters. The second-order valence-electron chi connectivity index (χ2n) is 4.72. The Morgan fingerprint density at radius 3 is 2.38 bits per heavy atom. The molecule has 1 aromatic heterocycles. The van der Waals surface area contributed by atoms with Gasteiger partial charge < -0.3 is 10.6 Å². The molecule has 108 valence electrons. The number of nitrogens with zero attached hydrogens (tertiary/aromatic N) is 1. The van der Waals surface area contributed by atoms with Crippen molar-refractivity contribution in [3.05, 3.63) is 59.8 Å². The Hall–Kier alpha value is -2.69. The van der Waals surface area contributed by atoms with Crippen molar-refractivity contribution in [2.45, 2.75) is 19.9 Å². The van der Waals surface area contributed by atoms with Crippen LogP contribution in [0.3, 0.4) is 0 Å². The van der Waals surface area contributed by atoms with Gasteiger partial charge in [0.05, 0.1) is 6.04 Å². The largest absolute Gasteiger partial charge is 0.341 e. The molecule has 21 heavy (non-hydrogen) atoms. The Bertz CT molecular complexity index is 641. The van der Waals surface area contributed by atoms with Crippen LogP contribution < -0.4 is 10.6 Å². The summed E-state index contributed by atoms with van der Waals surface area (Å²) in [6.45, 7) is 3.64. The maximum absolute atomic E-state index is 11.9. The number of anilines is 1. The molecule has 5 nitrogen and oxygen atoms in total. The van der Waals surface area contributed by atoms with Crippen molar-refractivity contribution in [3.8, 4) is 0 Å². The molecule has 0 radical (unpaired) electrons. The number of aryl methyl sites for hydroxylation is 1. The van der Waals surface area contributed by atoms with E-state index in [2.05, 4.69) is 15.6 Å². The topological polar surface area (TPSA) is 71.1 Å². The molecule has 0 aliphatic carbocycles.